The number of nitrogens with two attached hydrogens (primary N) is 2. The summed E-state index contributed by atoms with van der Waals surface area (Å²) in [5, 5.41) is 2.67. The van der Waals surface area contributed by atoms with Crippen LogP contribution in [0.15, 0.2) is 36.7 Å². The van der Waals surface area contributed by atoms with E-state index in [1.54, 1.807) is 24.5 Å². The van der Waals surface area contributed by atoms with Crippen molar-refractivity contribution in [3.05, 3.63) is 42.2 Å². The Hall–Kier alpha value is -2.77. The topological polar surface area (TPSA) is 113 Å². The molecule has 0 radical (unpaired) electrons. The number of rotatable bonds is 9. The van der Waals surface area contributed by atoms with Crippen LogP contribution in [0.5, 0.6) is 5.88 Å². The zero-order chi connectivity index (χ0) is 18.4. The van der Waals surface area contributed by atoms with Gasteiger partial charge in [-0.25, -0.2) is 4.98 Å². The summed E-state index contributed by atoms with van der Waals surface area (Å²) in [5.41, 5.74) is 11.9. The van der Waals surface area contributed by atoms with Gasteiger partial charge >= 0.3 is 0 Å². The molecule has 7 nitrogen and oxygen atoms in total. The Bertz CT molecular complexity index is 914. The summed E-state index contributed by atoms with van der Waals surface area (Å²) in [6, 6.07) is 7.05. The average Bonchev–Trinajstić information content (AvgIpc) is 2.66. The fraction of sp³-hybridized carbons (Fsp3) is 0.316. The first kappa shape index (κ1) is 18.0. The van der Waals surface area contributed by atoms with Gasteiger partial charge in [-0.2, -0.15) is 0 Å². The maximum absolute atomic E-state index is 11.4. The first-order valence-electron chi connectivity index (χ1n) is 8.58. The van der Waals surface area contributed by atoms with Gasteiger partial charge in [-0.15, -0.1) is 0 Å². The fourth-order valence-electron chi connectivity index (χ4n) is 2.73. The monoisotopic (exact) mass is 354 g/mol. The summed E-state index contributed by atoms with van der Waals surface area (Å²) in [5.74, 6) is -0.00425. The fourth-order valence-corrected chi connectivity index (χ4v) is 2.73. The summed E-state index contributed by atoms with van der Waals surface area (Å²) in [6.45, 7) is 2.19. The minimum atomic E-state index is -0.492. The van der Waals surface area contributed by atoms with Crippen LogP contribution < -0.4 is 16.2 Å². The highest BCUT2D eigenvalue weighted by Crippen LogP contribution is 2.30. The molecule has 0 unspecified atom stereocenters. The third-order valence-corrected chi connectivity index (χ3v) is 4.06. The quantitative estimate of drug-likeness (QED) is 0.449. The molecular weight excluding hydrogens is 332 g/mol. The molecule has 26 heavy (non-hydrogen) atoms. The van der Waals surface area contributed by atoms with Crippen LogP contribution in [0.2, 0.25) is 0 Å². The summed E-state index contributed by atoms with van der Waals surface area (Å²) < 4.78 is 11.4. The predicted octanol–water partition coefficient (Wildman–Crippen LogP) is 2.02. The Labute approximate surface area is 151 Å². The van der Waals surface area contributed by atoms with E-state index in [0.29, 0.717) is 43.3 Å². The highest BCUT2D eigenvalue weighted by Gasteiger charge is 2.11. The Morgan fingerprint density at radius 1 is 1.04 bits per heavy atom. The number of amides is 1. The van der Waals surface area contributed by atoms with E-state index in [0.717, 1.165) is 29.0 Å². The number of nitrogens with zero attached hydrogens (tertiary/aromatic N) is 2. The van der Waals surface area contributed by atoms with Crippen LogP contribution in [-0.4, -0.2) is 42.2 Å². The summed E-state index contributed by atoms with van der Waals surface area (Å²) in [7, 11) is 0. The van der Waals surface area contributed by atoms with E-state index in [1.165, 1.54) is 0 Å². The third-order valence-electron chi connectivity index (χ3n) is 4.06. The number of aromatic nitrogens is 2. The minimum absolute atomic E-state index is 0.383. The molecule has 2 aromatic heterocycles. The lowest BCUT2D eigenvalue weighted by Crippen LogP contribution is -2.11. The summed E-state index contributed by atoms with van der Waals surface area (Å²) >= 11 is 0. The molecule has 0 aliphatic rings. The zero-order valence-corrected chi connectivity index (χ0v) is 14.5. The lowest BCUT2D eigenvalue weighted by atomic mass is 10.1. The van der Waals surface area contributed by atoms with Crippen molar-refractivity contribution in [3.8, 4) is 5.88 Å². The van der Waals surface area contributed by atoms with Crippen molar-refractivity contribution in [3.63, 3.8) is 0 Å². The minimum Gasteiger partial charge on any atom is -0.475 e. The number of pyridine rings is 2. The largest absolute Gasteiger partial charge is 0.475 e. The first-order chi connectivity index (χ1) is 12.7. The maximum atomic E-state index is 11.4. The smallest absolute Gasteiger partial charge is 0.248 e. The molecule has 3 rings (SSSR count). The van der Waals surface area contributed by atoms with E-state index in [2.05, 4.69) is 9.97 Å². The maximum Gasteiger partial charge on any atom is 0.248 e. The van der Waals surface area contributed by atoms with Crippen molar-refractivity contribution in [1.29, 1.82) is 0 Å². The second kappa shape index (κ2) is 8.55. The molecule has 3 aromatic rings. The van der Waals surface area contributed by atoms with Gasteiger partial charge < -0.3 is 20.9 Å². The van der Waals surface area contributed by atoms with Gasteiger partial charge in [0.05, 0.1) is 12.1 Å². The van der Waals surface area contributed by atoms with Gasteiger partial charge in [0.2, 0.25) is 11.8 Å². The predicted molar refractivity (Wildman–Crippen MR) is 100 cm³/mol. The Morgan fingerprint density at radius 3 is 2.73 bits per heavy atom. The Kier molecular flexibility index (Phi) is 5.93. The molecule has 0 aliphatic heterocycles. The van der Waals surface area contributed by atoms with Crippen molar-refractivity contribution in [2.24, 2.45) is 11.5 Å². The van der Waals surface area contributed by atoms with E-state index in [1.807, 2.05) is 12.1 Å². The summed E-state index contributed by atoms with van der Waals surface area (Å²) in [4.78, 5) is 20.2. The summed E-state index contributed by atoms with van der Waals surface area (Å²) in [6.07, 6.45) is 5.35. The lowest BCUT2D eigenvalue weighted by molar-refractivity contribution is 0.0969. The molecule has 136 valence electrons. The number of carbonyl (C=O) groups excluding carboxylic acids is 1. The van der Waals surface area contributed by atoms with Gasteiger partial charge in [0, 0.05) is 40.7 Å². The standard InChI is InChI=1S/C19H22N4O3/c20-6-1-2-8-25-9-10-26-19-15-5-7-22-12-16(15)14-4-3-13(18(21)24)11-17(14)23-19/h3-5,7,11-12H,1-2,6,8-10,20H2,(H2,21,24). The second-order valence-corrected chi connectivity index (χ2v) is 5.89. The molecule has 4 N–H and O–H groups in total. The number of unbranched alkanes of at least 4 members (excludes halogenated alkanes) is 1. The molecule has 0 atom stereocenters. The van der Waals surface area contributed by atoms with Crippen LogP contribution in [0.4, 0.5) is 0 Å². The van der Waals surface area contributed by atoms with Gasteiger partial charge in [-0.1, -0.05) is 6.07 Å². The van der Waals surface area contributed by atoms with Crippen molar-refractivity contribution in [2.75, 3.05) is 26.4 Å². The van der Waals surface area contributed by atoms with Crippen LogP contribution in [0, 0.1) is 0 Å². The molecule has 0 bridgehead atoms. The van der Waals surface area contributed by atoms with Gasteiger partial charge in [0.25, 0.3) is 0 Å². The lowest BCUT2D eigenvalue weighted by Gasteiger charge is -2.11. The molecule has 0 fully saturated rings. The molecule has 0 saturated heterocycles. The molecule has 1 aromatic carbocycles. The Balaban J connectivity index is 1.82. The zero-order valence-electron chi connectivity index (χ0n) is 14.5. The van der Waals surface area contributed by atoms with E-state index < -0.39 is 5.91 Å². The number of ether oxygens (including phenoxy) is 2. The molecule has 2 heterocycles. The van der Waals surface area contributed by atoms with Crippen molar-refractivity contribution in [2.45, 2.75) is 12.8 Å². The van der Waals surface area contributed by atoms with Gasteiger partial charge in [0.15, 0.2) is 0 Å². The molecule has 1 amide bonds. The first-order valence-corrected chi connectivity index (χ1v) is 8.58. The van der Waals surface area contributed by atoms with E-state index in [4.69, 9.17) is 20.9 Å². The van der Waals surface area contributed by atoms with Crippen LogP contribution in [0.3, 0.4) is 0 Å². The highest BCUT2D eigenvalue weighted by molar-refractivity contribution is 6.09. The number of hydrogen-bond acceptors (Lipinski definition) is 6. The van der Waals surface area contributed by atoms with Crippen molar-refractivity contribution < 1.29 is 14.3 Å². The number of fused-ring (bicyclic) bond motifs is 3. The van der Waals surface area contributed by atoms with Gasteiger partial charge in [0.1, 0.15) is 6.61 Å². The highest BCUT2D eigenvalue weighted by atomic mass is 16.5. The molecule has 0 spiro atoms. The van der Waals surface area contributed by atoms with Gasteiger partial charge in [-0.3, -0.25) is 9.78 Å². The van der Waals surface area contributed by atoms with Crippen molar-refractivity contribution >= 4 is 27.6 Å². The third kappa shape index (κ3) is 4.07. The Morgan fingerprint density at radius 2 is 1.92 bits per heavy atom. The number of primary amides is 1. The molecule has 0 saturated carbocycles. The van der Waals surface area contributed by atoms with Gasteiger partial charge in [-0.05, 0) is 37.6 Å². The number of benzene rings is 1. The normalized spacial score (nSPS) is 11.1. The van der Waals surface area contributed by atoms with E-state index in [-0.39, 0.29) is 0 Å². The number of carbonyl (C=O) groups is 1. The van der Waals surface area contributed by atoms with Crippen molar-refractivity contribution in [1.82, 2.24) is 9.97 Å². The average molecular weight is 354 g/mol. The van der Waals surface area contributed by atoms with Crippen LogP contribution in [-0.2, 0) is 4.74 Å². The van der Waals surface area contributed by atoms with E-state index >= 15 is 0 Å². The number of hydrogen-bond donors (Lipinski definition) is 2. The van der Waals surface area contributed by atoms with Crippen LogP contribution >= 0.6 is 0 Å². The van der Waals surface area contributed by atoms with E-state index in [9.17, 15) is 4.79 Å². The molecule has 0 aliphatic carbocycles. The van der Waals surface area contributed by atoms with Crippen LogP contribution in [0.25, 0.3) is 21.7 Å². The SMILES string of the molecule is NCCCCOCCOc1nc2cc(C(N)=O)ccc2c2cnccc12. The molecule has 7 heteroatoms. The second-order valence-electron chi connectivity index (χ2n) is 5.89. The van der Waals surface area contributed by atoms with Crippen LogP contribution in [0.1, 0.15) is 23.2 Å². The molecular formula is C19H22N4O3.